The third kappa shape index (κ3) is 3.82. The summed E-state index contributed by atoms with van der Waals surface area (Å²) in [6.07, 6.45) is 0. The predicted octanol–water partition coefficient (Wildman–Crippen LogP) is 2.03. The number of ether oxygens (including phenoxy) is 1. The second kappa shape index (κ2) is 6.36. The molecule has 0 aliphatic carbocycles. The van der Waals surface area contributed by atoms with E-state index in [0.29, 0.717) is 0 Å². The summed E-state index contributed by atoms with van der Waals surface area (Å²) in [7, 11) is 1.67. The molecule has 2 heteroatoms. The first-order chi connectivity index (χ1) is 8.38. The Morgan fingerprint density at radius 3 is 2.29 bits per heavy atom. The van der Waals surface area contributed by atoms with E-state index in [9.17, 15) is 0 Å². The van der Waals surface area contributed by atoms with Gasteiger partial charge in [0.15, 0.2) is 0 Å². The minimum absolute atomic E-state index is 0.383. The Labute approximate surface area is 112 Å². The summed E-state index contributed by atoms with van der Waals surface area (Å²) in [5.74, 6) is 4.07. The molecule has 0 unspecified atom stereocenters. The first-order valence-electron chi connectivity index (χ1n) is 5.25. The van der Waals surface area contributed by atoms with Crippen molar-refractivity contribution in [3.8, 4) is 15.6 Å². The van der Waals surface area contributed by atoms with Gasteiger partial charge in [0.2, 0.25) is 0 Å². The Morgan fingerprint density at radius 2 is 1.65 bits per heavy atom. The van der Waals surface area contributed by atoms with Crippen LogP contribution >= 0.6 is 0 Å². The van der Waals surface area contributed by atoms with Gasteiger partial charge in [0.25, 0.3) is 0 Å². The van der Waals surface area contributed by atoms with Crippen LogP contribution in [0, 0.1) is 9.89 Å². The van der Waals surface area contributed by atoms with E-state index in [2.05, 4.69) is 34.2 Å². The zero-order valence-corrected chi connectivity index (χ0v) is 11.8. The molecule has 1 nitrogen and oxygen atoms in total. The SMILES string of the molecule is COc1ccc(C#C[Te]c2ccccc2)cc1. The Balaban J connectivity index is 2.01. The molecule has 0 aliphatic rings. The Hall–Kier alpha value is -1.41. The van der Waals surface area contributed by atoms with Crippen LogP contribution in [0.25, 0.3) is 0 Å². The molecular formula is C15H12OTe. The van der Waals surface area contributed by atoms with Crippen molar-refractivity contribution in [2.45, 2.75) is 0 Å². The molecule has 17 heavy (non-hydrogen) atoms. The van der Waals surface area contributed by atoms with E-state index in [-0.39, 0.29) is 20.9 Å². The first kappa shape index (κ1) is 12.1. The van der Waals surface area contributed by atoms with Crippen molar-refractivity contribution in [1.29, 1.82) is 0 Å². The topological polar surface area (TPSA) is 9.23 Å². The molecule has 0 aliphatic heterocycles. The van der Waals surface area contributed by atoms with Gasteiger partial charge in [0, 0.05) is 0 Å². The molecule has 0 atom stereocenters. The minimum atomic E-state index is -0.383. The molecule has 2 aromatic rings. The quantitative estimate of drug-likeness (QED) is 0.603. The van der Waals surface area contributed by atoms with E-state index in [1.165, 1.54) is 3.61 Å². The third-order valence-corrected chi connectivity index (χ3v) is 4.23. The molecule has 0 spiro atoms. The van der Waals surface area contributed by atoms with Crippen LogP contribution in [-0.4, -0.2) is 28.0 Å². The molecule has 0 saturated carbocycles. The fourth-order valence-electron chi connectivity index (χ4n) is 1.31. The molecule has 0 amide bonds. The molecule has 84 valence electrons. The van der Waals surface area contributed by atoms with Crippen LogP contribution in [-0.2, 0) is 0 Å². The summed E-state index contributed by atoms with van der Waals surface area (Å²) in [6, 6.07) is 18.3. The maximum atomic E-state index is 5.10. The first-order valence-corrected chi connectivity index (χ1v) is 7.58. The average Bonchev–Trinajstić information content (AvgIpc) is 2.41. The van der Waals surface area contributed by atoms with Crippen LogP contribution in [0.4, 0.5) is 0 Å². The second-order valence-corrected chi connectivity index (χ2v) is 5.88. The molecule has 2 aromatic carbocycles. The van der Waals surface area contributed by atoms with Crippen molar-refractivity contribution in [3.05, 3.63) is 60.2 Å². The van der Waals surface area contributed by atoms with Gasteiger partial charge in [-0.15, -0.1) is 0 Å². The van der Waals surface area contributed by atoms with Gasteiger partial charge in [-0.3, -0.25) is 0 Å². The van der Waals surface area contributed by atoms with Gasteiger partial charge in [0.1, 0.15) is 0 Å². The molecule has 0 N–H and O–H groups in total. The number of methoxy groups -OCH3 is 1. The maximum absolute atomic E-state index is 5.10. The van der Waals surface area contributed by atoms with Gasteiger partial charge in [-0.25, -0.2) is 0 Å². The Bertz CT molecular complexity index is 520. The summed E-state index contributed by atoms with van der Waals surface area (Å²) in [5.41, 5.74) is 1.05. The molecule has 2 rings (SSSR count). The fourth-order valence-corrected chi connectivity index (χ4v) is 2.96. The molecule has 0 aromatic heterocycles. The van der Waals surface area contributed by atoms with E-state index in [4.69, 9.17) is 4.74 Å². The average molecular weight is 336 g/mol. The van der Waals surface area contributed by atoms with Gasteiger partial charge in [-0.05, 0) is 0 Å². The molecule has 0 bridgehead atoms. The van der Waals surface area contributed by atoms with Crippen molar-refractivity contribution in [2.24, 2.45) is 0 Å². The monoisotopic (exact) mass is 338 g/mol. The zero-order chi connectivity index (χ0) is 11.9. The van der Waals surface area contributed by atoms with E-state index >= 15 is 0 Å². The van der Waals surface area contributed by atoms with Crippen molar-refractivity contribution >= 4 is 24.5 Å². The zero-order valence-electron chi connectivity index (χ0n) is 9.51. The van der Waals surface area contributed by atoms with Gasteiger partial charge >= 0.3 is 112 Å². The van der Waals surface area contributed by atoms with Crippen LogP contribution in [0.2, 0.25) is 0 Å². The van der Waals surface area contributed by atoms with Crippen molar-refractivity contribution in [2.75, 3.05) is 7.11 Å². The predicted molar refractivity (Wildman–Crippen MR) is 71.7 cm³/mol. The number of hydrogen-bond donors (Lipinski definition) is 0. The number of benzene rings is 2. The summed E-state index contributed by atoms with van der Waals surface area (Å²) in [5, 5.41) is 0. The summed E-state index contributed by atoms with van der Waals surface area (Å²) in [6.45, 7) is 0. The molecular weight excluding hydrogens is 324 g/mol. The van der Waals surface area contributed by atoms with Crippen molar-refractivity contribution in [1.82, 2.24) is 0 Å². The van der Waals surface area contributed by atoms with E-state index in [1.54, 1.807) is 7.11 Å². The van der Waals surface area contributed by atoms with Crippen LogP contribution in [0.3, 0.4) is 0 Å². The summed E-state index contributed by atoms with van der Waals surface area (Å²) < 4.78 is 9.77. The molecule has 0 radical (unpaired) electrons. The molecule has 0 saturated heterocycles. The van der Waals surface area contributed by atoms with Crippen LogP contribution < -0.4 is 8.35 Å². The summed E-state index contributed by atoms with van der Waals surface area (Å²) >= 11 is -0.383. The van der Waals surface area contributed by atoms with Crippen molar-refractivity contribution in [3.63, 3.8) is 0 Å². The second-order valence-electron chi connectivity index (χ2n) is 3.37. The van der Waals surface area contributed by atoms with E-state index < -0.39 is 0 Å². The number of hydrogen-bond acceptors (Lipinski definition) is 1. The standard InChI is InChI=1S/C15H12OTe/c1-16-14-9-7-13(8-10-14)11-12-17-15-5-3-2-4-6-15/h2-10H,1H3. The van der Waals surface area contributed by atoms with Gasteiger partial charge in [-0.2, -0.15) is 0 Å². The van der Waals surface area contributed by atoms with Gasteiger partial charge in [-0.1, -0.05) is 0 Å². The van der Waals surface area contributed by atoms with Crippen LogP contribution in [0.1, 0.15) is 5.56 Å². The number of rotatable bonds is 2. The van der Waals surface area contributed by atoms with Gasteiger partial charge < -0.3 is 0 Å². The summed E-state index contributed by atoms with van der Waals surface area (Å²) in [4.78, 5) is 0. The van der Waals surface area contributed by atoms with Crippen molar-refractivity contribution < 1.29 is 4.74 Å². The van der Waals surface area contributed by atoms with Crippen LogP contribution in [0.5, 0.6) is 5.75 Å². The van der Waals surface area contributed by atoms with Gasteiger partial charge in [0.05, 0.1) is 0 Å². The molecule has 0 heterocycles. The Kier molecular flexibility index (Phi) is 4.51. The third-order valence-electron chi connectivity index (χ3n) is 2.20. The van der Waals surface area contributed by atoms with Crippen LogP contribution in [0.15, 0.2) is 54.6 Å². The fraction of sp³-hybridized carbons (Fsp3) is 0.0667. The Morgan fingerprint density at radius 1 is 0.941 bits per heavy atom. The normalized spacial score (nSPS) is 9.24. The molecule has 0 fully saturated rings. The van der Waals surface area contributed by atoms with E-state index in [1.807, 2.05) is 30.3 Å². The van der Waals surface area contributed by atoms with E-state index in [0.717, 1.165) is 11.3 Å².